The molecule has 0 radical (unpaired) electrons. The van der Waals surface area contributed by atoms with Crippen molar-refractivity contribution in [1.82, 2.24) is 0 Å². The maximum Gasteiger partial charge on any atom is 0.307 e. The van der Waals surface area contributed by atoms with Crippen LogP contribution >= 0.6 is 0 Å². The van der Waals surface area contributed by atoms with Gasteiger partial charge in [-0.2, -0.15) is 0 Å². The van der Waals surface area contributed by atoms with Crippen LogP contribution < -0.4 is 0 Å². The minimum absolute atomic E-state index is 0.156. The zero-order valence-electron chi connectivity index (χ0n) is 21.2. The van der Waals surface area contributed by atoms with Crippen molar-refractivity contribution in [2.24, 2.45) is 52.3 Å². The van der Waals surface area contributed by atoms with Crippen LogP contribution in [-0.4, -0.2) is 5.97 Å². The van der Waals surface area contributed by atoms with Crippen LogP contribution in [0.5, 0.6) is 0 Å². The first-order chi connectivity index (χ1) is 14.6. The molecule has 176 valence electrons. The Labute approximate surface area is 192 Å². The topological polar surface area (TPSA) is 26.3 Å². The molecule has 0 amide bonds. The van der Waals surface area contributed by atoms with Gasteiger partial charge in [0.15, 0.2) is 0 Å². The van der Waals surface area contributed by atoms with Gasteiger partial charge in [-0.15, -0.1) is 0 Å². The third kappa shape index (κ3) is 4.26. The Bertz CT molecular complexity index is 693. The molecular weight excluding hydrogens is 380 g/mol. The maximum atomic E-state index is 11.5. The molecule has 0 N–H and O–H groups in total. The van der Waals surface area contributed by atoms with Crippen LogP contribution in [0.1, 0.15) is 112 Å². The van der Waals surface area contributed by atoms with Crippen LogP contribution in [0.3, 0.4) is 0 Å². The number of rotatable bonds is 6. The van der Waals surface area contributed by atoms with Crippen LogP contribution in [0.4, 0.5) is 0 Å². The number of ether oxygens (including phenoxy) is 1. The summed E-state index contributed by atoms with van der Waals surface area (Å²) in [6.07, 6.45) is 17.2. The fourth-order valence-corrected chi connectivity index (χ4v) is 9.14. The van der Waals surface area contributed by atoms with Gasteiger partial charge in [-0.3, -0.25) is 4.79 Å². The third-order valence-corrected chi connectivity index (χ3v) is 10.8. The first-order valence-electron chi connectivity index (χ1n) is 13.5. The summed E-state index contributed by atoms with van der Waals surface area (Å²) in [7, 11) is 0. The lowest BCUT2D eigenvalue weighted by Gasteiger charge is -2.60. The van der Waals surface area contributed by atoms with E-state index in [0.717, 1.165) is 54.1 Å². The molecule has 31 heavy (non-hydrogen) atoms. The lowest BCUT2D eigenvalue weighted by atomic mass is 9.45. The molecular formula is C29H48O2. The molecule has 0 aromatic rings. The predicted molar refractivity (Wildman–Crippen MR) is 128 cm³/mol. The summed E-state index contributed by atoms with van der Waals surface area (Å²) in [5.41, 5.74) is 0.990. The number of carbonyl (C=O) groups is 1. The standard InChI is InChI=1S/C29H48O2/c1-19(2)8-7-9-20(3)25-12-13-26-24-11-10-22-18-23(31-21(4)30)14-16-28(22,5)27(24)15-17-29(25,26)6/h14,19-20,22,24-27H,7-13,15-18H2,1-6H3/t20-,22+,24-,25+,26-,27-,28+,29+/m1/s1. The molecule has 0 unspecified atom stereocenters. The molecule has 0 saturated heterocycles. The van der Waals surface area contributed by atoms with E-state index >= 15 is 0 Å². The Balaban J connectivity index is 1.46. The van der Waals surface area contributed by atoms with Crippen LogP contribution in [-0.2, 0) is 9.53 Å². The lowest BCUT2D eigenvalue weighted by molar-refractivity contribution is -0.139. The summed E-state index contributed by atoms with van der Waals surface area (Å²) >= 11 is 0. The number of allylic oxidation sites excluding steroid dienone is 2. The molecule has 8 atom stereocenters. The zero-order valence-corrected chi connectivity index (χ0v) is 21.2. The first kappa shape index (κ1) is 23.4. The molecule has 0 aromatic heterocycles. The summed E-state index contributed by atoms with van der Waals surface area (Å²) in [4.78, 5) is 11.5. The van der Waals surface area contributed by atoms with Crippen LogP contribution in [0.2, 0.25) is 0 Å². The van der Waals surface area contributed by atoms with Gasteiger partial charge in [-0.05, 0) is 103 Å². The predicted octanol–water partition coefficient (Wildman–Crippen LogP) is 8.16. The Kier molecular flexibility index (Phi) is 6.68. The molecule has 2 nitrogen and oxygen atoms in total. The van der Waals surface area contributed by atoms with E-state index in [1.54, 1.807) is 0 Å². The van der Waals surface area contributed by atoms with E-state index in [4.69, 9.17) is 4.74 Å². The van der Waals surface area contributed by atoms with Gasteiger partial charge in [0.05, 0.1) is 0 Å². The number of esters is 1. The lowest BCUT2D eigenvalue weighted by Crippen LogP contribution is -2.52. The van der Waals surface area contributed by atoms with Gasteiger partial charge >= 0.3 is 5.97 Å². The van der Waals surface area contributed by atoms with Gasteiger partial charge in [0.2, 0.25) is 0 Å². The molecule has 4 aliphatic rings. The summed E-state index contributed by atoms with van der Waals surface area (Å²) in [5, 5.41) is 0. The molecule has 0 spiro atoms. The molecule has 3 fully saturated rings. The van der Waals surface area contributed by atoms with E-state index in [2.05, 4.69) is 40.7 Å². The molecule has 3 saturated carbocycles. The van der Waals surface area contributed by atoms with E-state index in [0.29, 0.717) is 16.7 Å². The van der Waals surface area contributed by atoms with Crippen molar-refractivity contribution in [1.29, 1.82) is 0 Å². The van der Waals surface area contributed by atoms with E-state index < -0.39 is 0 Å². The Morgan fingerprint density at radius 3 is 2.48 bits per heavy atom. The van der Waals surface area contributed by atoms with Gasteiger partial charge in [0.1, 0.15) is 5.76 Å². The molecule has 0 bridgehead atoms. The van der Waals surface area contributed by atoms with E-state index in [9.17, 15) is 4.79 Å². The second-order valence-electron chi connectivity index (χ2n) is 12.9. The fourth-order valence-electron chi connectivity index (χ4n) is 9.14. The second kappa shape index (κ2) is 8.86. The number of carbonyl (C=O) groups excluding carboxylic acids is 1. The Morgan fingerprint density at radius 1 is 1.03 bits per heavy atom. The minimum Gasteiger partial charge on any atom is -0.432 e. The van der Waals surface area contributed by atoms with Gasteiger partial charge in [-0.1, -0.05) is 53.9 Å². The van der Waals surface area contributed by atoms with Crippen molar-refractivity contribution in [3.05, 3.63) is 11.8 Å². The molecule has 2 heteroatoms. The Morgan fingerprint density at radius 2 is 1.77 bits per heavy atom. The molecule has 0 aromatic carbocycles. The number of hydrogen-bond donors (Lipinski definition) is 0. The zero-order chi connectivity index (χ0) is 22.4. The van der Waals surface area contributed by atoms with Crippen molar-refractivity contribution < 1.29 is 9.53 Å². The van der Waals surface area contributed by atoms with Crippen molar-refractivity contribution in [3.63, 3.8) is 0 Å². The van der Waals surface area contributed by atoms with Gasteiger partial charge < -0.3 is 4.74 Å². The maximum absolute atomic E-state index is 11.5. The number of fused-ring (bicyclic) bond motifs is 5. The highest BCUT2D eigenvalue weighted by atomic mass is 16.5. The van der Waals surface area contributed by atoms with Gasteiger partial charge in [0, 0.05) is 13.3 Å². The smallest absolute Gasteiger partial charge is 0.307 e. The van der Waals surface area contributed by atoms with Crippen molar-refractivity contribution in [2.45, 2.75) is 112 Å². The highest BCUT2D eigenvalue weighted by molar-refractivity contribution is 5.67. The van der Waals surface area contributed by atoms with Crippen LogP contribution in [0.25, 0.3) is 0 Å². The third-order valence-electron chi connectivity index (χ3n) is 10.8. The largest absolute Gasteiger partial charge is 0.432 e. The summed E-state index contributed by atoms with van der Waals surface area (Å²) in [6.45, 7) is 14.1. The fraction of sp³-hybridized carbons (Fsp3) is 0.897. The Hall–Kier alpha value is -0.790. The monoisotopic (exact) mass is 428 g/mol. The summed E-state index contributed by atoms with van der Waals surface area (Å²) in [6, 6.07) is 0. The second-order valence-corrected chi connectivity index (χ2v) is 12.9. The van der Waals surface area contributed by atoms with Crippen molar-refractivity contribution in [2.75, 3.05) is 0 Å². The van der Waals surface area contributed by atoms with Crippen LogP contribution in [0.15, 0.2) is 11.8 Å². The minimum atomic E-state index is -0.156. The van der Waals surface area contributed by atoms with E-state index in [1.165, 1.54) is 64.7 Å². The molecule has 4 aliphatic carbocycles. The quantitative estimate of drug-likeness (QED) is 0.399. The molecule has 0 aliphatic heterocycles. The van der Waals surface area contributed by atoms with E-state index in [-0.39, 0.29) is 5.97 Å². The summed E-state index contributed by atoms with van der Waals surface area (Å²) < 4.78 is 5.52. The summed E-state index contributed by atoms with van der Waals surface area (Å²) in [5.74, 6) is 6.91. The van der Waals surface area contributed by atoms with Gasteiger partial charge in [-0.25, -0.2) is 0 Å². The van der Waals surface area contributed by atoms with Gasteiger partial charge in [0.25, 0.3) is 0 Å². The highest BCUT2D eigenvalue weighted by Crippen LogP contribution is 2.68. The first-order valence-corrected chi connectivity index (χ1v) is 13.5. The average molecular weight is 429 g/mol. The average Bonchev–Trinajstić information content (AvgIpc) is 3.05. The highest BCUT2D eigenvalue weighted by Gasteiger charge is 2.60. The normalized spacial score (nSPS) is 42.9. The van der Waals surface area contributed by atoms with E-state index in [1.807, 2.05) is 0 Å². The number of hydrogen-bond acceptors (Lipinski definition) is 2. The molecule has 0 heterocycles. The van der Waals surface area contributed by atoms with Crippen molar-refractivity contribution in [3.8, 4) is 0 Å². The molecule has 4 rings (SSSR count). The van der Waals surface area contributed by atoms with Crippen LogP contribution in [0, 0.1) is 52.3 Å². The SMILES string of the molecule is CC(=O)OC1=CC[C@@]2(C)[C@@H](CC[C@H]3[C@H]2CC[C@]2(C)[C@@H]3CC[C@H]2[C@H](C)CCCC(C)C)C1. The van der Waals surface area contributed by atoms with Crippen molar-refractivity contribution >= 4 is 5.97 Å².